The fourth-order valence-electron chi connectivity index (χ4n) is 1.59. The van der Waals surface area contributed by atoms with Crippen molar-refractivity contribution in [3.8, 4) is 0 Å². The van der Waals surface area contributed by atoms with Gasteiger partial charge in [-0.25, -0.2) is 4.79 Å². The predicted octanol–water partition coefficient (Wildman–Crippen LogP) is 3.56. The SMILES string of the molecule is COC(=O)C1(Br)NC=C(c2cccc(C(F)(F)F)c2)S1. The Hall–Kier alpha value is -1.15. The molecule has 0 saturated heterocycles. The molecule has 1 aliphatic heterocycles. The summed E-state index contributed by atoms with van der Waals surface area (Å²) in [6.07, 6.45) is -2.92. The Bertz CT molecular complexity index is 576. The van der Waals surface area contributed by atoms with Gasteiger partial charge in [0, 0.05) is 11.1 Å². The highest BCUT2D eigenvalue weighted by molar-refractivity contribution is 9.12. The van der Waals surface area contributed by atoms with Crippen LogP contribution < -0.4 is 5.32 Å². The van der Waals surface area contributed by atoms with E-state index in [0.717, 1.165) is 23.9 Å². The molecule has 1 atom stereocenters. The molecule has 0 saturated carbocycles. The second kappa shape index (κ2) is 5.33. The number of rotatable bonds is 2. The average Bonchev–Trinajstić information content (AvgIpc) is 2.81. The van der Waals surface area contributed by atoms with Crippen LogP contribution in [0, 0.1) is 0 Å². The molecule has 1 heterocycles. The first-order valence-corrected chi connectivity index (χ1v) is 6.99. The van der Waals surface area contributed by atoms with Crippen LogP contribution in [0.3, 0.4) is 0 Å². The molecule has 8 heteroatoms. The monoisotopic (exact) mass is 367 g/mol. The Balaban J connectivity index is 2.25. The molecule has 108 valence electrons. The van der Waals surface area contributed by atoms with Crippen molar-refractivity contribution in [1.82, 2.24) is 5.32 Å². The van der Waals surface area contributed by atoms with Crippen molar-refractivity contribution in [3.05, 3.63) is 41.6 Å². The van der Waals surface area contributed by atoms with Gasteiger partial charge in [0.2, 0.25) is 3.78 Å². The summed E-state index contributed by atoms with van der Waals surface area (Å²) in [5.41, 5.74) is -0.357. The fraction of sp³-hybridized carbons (Fsp3) is 0.250. The smallest absolute Gasteiger partial charge is 0.416 e. The summed E-state index contributed by atoms with van der Waals surface area (Å²) in [6, 6.07) is 4.91. The van der Waals surface area contributed by atoms with Gasteiger partial charge in [-0.05, 0) is 33.6 Å². The summed E-state index contributed by atoms with van der Waals surface area (Å²) in [6.45, 7) is 0. The minimum Gasteiger partial charge on any atom is -0.466 e. The quantitative estimate of drug-likeness (QED) is 0.492. The van der Waals surface area contributed by atoms with Gasteiger partial charge in [0.1, 0.15) is 0 Å². The fourth-order valence-corrected chi connectivity index (χ4v) is 3.34. The van der Waals surface area contributed by atoms with Crippen LogP contribution in [0.5, 0.6) is 0 Å². The third kappa shape index (κ3) is 2.95. The van der Waals surface area contributed by atoms with Crippen LogP contribution >= 0.6 is 27.7 Å². The van der Waals surface area contributed by atoms with Crippen molar-refractivity contribution in [3.63, 3.8) is 0 Å². The molecule has 1 aliphatic rings. The number of carbonyl (C=O) groups excluding carboxylic acids is 1. The van der Waals surface area contributed by atoms with Crippen LogP contribution in [0.2, 0.25) is 0 Å². The maximum atomic E-state index is 12.7. The van der Waals surface area contributed by atoms with E-state index in [2.05, 4.69) is 26.0 Å². The van der Waals surface area contributed by atoms with Gasteiger partial charge < -0.3 is 10.1 Å². The molecule has 1 aromatic carbocycles. The third-order valence-electron chi connectivity index (χ3n) is 2.56. The van der Waals surface area contributed by atoms with E-state index in [0.29, 0.717) is 10.5 Å². The number of methoxy groups -OCH3 is 1. The summed E-state index contributed by atoms with van der Waals surface area (Å²) in [5, 5.41) is 2.75. The molecular formula is C12H9BrF3NO2S. The Labute approximate surface area is 125 Å². The number of alkyl halides is 4. The average molecular weight is 368 g/mol. The number of hydrogen-bond donors (Lipinski definition) is 1. The summed E-state index contributed by atoms with van der Waals surface area (Å²) in [7, 11) is 1.23. The van der Waals surface area contributed by atoms with Crippen LogP contribution in [0.4, 0.5) is 13.2 Å². The number of halogens is 4. The summed E-state index contributed by atoms with van der Waals surface area (Å²) < 4.78 is 41.4. The van der Waals surface area contributed by atoms with Gasteiger partial charge in [-0.15, -0.1) is 0 Å². The molecule has 0 aromatic heterocycles. The second-order valence-corrected chi connectivity index (χ2v) is 6.89. The molecule has 1 aromatic rings. The van der Waals surface area contributed by atoms with Gasteiger partial charge in [-0.1, -0.05) is 23.9 Å². The zero-order valence-corrected chi connectivity index (χ0v) is 12.5. The van der Waals surface area contributed by atoms with Crippen molar-refractivity contribution in [2.45, 2.75) is 9.96 Å². The van der Waals surface area contributed by atoms with E-state index in [1.165, 1.54) is 19.4 Å². The molecule has 3 nitrogen and oxygen atoms in total. The van der Waals surface area contributed by atoms with E-state index in [4.69, 9.17) is 0 Å². The van der Waals surface area contributed by atoms with E-state index in [1.54, 1.807) is 6.07 Å². The standard InChI is InChI=1S/C12H9BrF3NO2S/c1-19-10(18)11(13)17-6-9(20-11)7-3-2-4-8(5-7)12(14,15)16/h2-6,17H,1H3. The number of esters is 1. The van der Waals surface area contributed by atoms with Crippen molar-refractivity contribution in [1.29, 1.82) is 0 Å². The van der Waals surface area contributed by atoms with Crippen LogP contribution in [0.25, 0.3) is 4.91 Å². The summed E-state index contributed by atoms with van der Waals surface area (Å²) in [5.74, 6) is -0.569. The largest absolute Gasteiger partial charge is 0.466 e. The van der Waals surface area contributed by atoms with Gasteiger partial charge in [0.25, 0.3) is 0 Å². The van der Waals surface area contributed by atoms with Crippen molar-refractivity contribution >= 4 is 38.6 Å². The van der Waals surface area contributed by atoms with E-state index < -0.39 is 21.5 Å². The third-order valence-corrected chi connectivity index (χ3v) is 4.74. The van der Waals surface area contributed by atoms with Crippen molar-refractivity contribution in [2.75, 3.05) is 7.11 Å². The molecule has 1 unspecified atom stereocenters. The Kier molecular flexibility index (Phi) is 4.06. The number of benzene rings is 1. The Morgan fingerprint density at radius 1 is 1.45 bits per heavy atom. The first-order valence-electron chi connectivity index (χ1n) is 5.38. The van der Waals surface area contributed by atoms with Gasteiger partial charge in [-0.3, -0.25) is 0 Å². The topological polar surface area (TPSA) is 38.3 Å². The second-order valence-electron chi connectivity index (χ2n) is 3.92. The van der Waals surface area contributed by atoms with E-state index in [1.807, 2.05) is 0 Å². The minimum absolute atomic E-state index is 0.377. The van der Waals surface area contributed by atoms with Crippen LogP contribution in [0.1, 0.15) is 11.1 Å². The number of ether oxygens (including phenoxy) is 1. The van der Waals surface area contributed by atoms with Gasteiger partial charge in [0.15, 0.2) is 0 Å². The highest BCUT2D eigenvalue weighted by Gasteiger charge is 2.42. The number of thioether (sulfide) groups is 1. The van der Waals surface area contributed by atoms with Gasteiger partial charge in [-0.2, -0.15) is 13.2 Å². The van der Waals surface area contributed by atoms with E-state index in [9.17, 15) is 18.0 Å². The molecule has 0 bridgehead atoms. The summed E-state index contributed by atoms with van der Waals surface area (Å²) in [4.78, 5) is 12.1. The first kappa shape index (κ1) is 15.2. The number of hydrogen-bond acceptors (Lipinski definition) is 4. The van der Waals surface area contributed by atoms with Crippen molar-refractivity contribution in [2.24, 2.45) is 0 Å². The molecule has 2 rings (SSSR count). The lowest BCUT2D eigenvalue weighted by Gasteiger charge is -2.18. The molecule has 0 spiro atoms. The zero-order valence-electron chi connectivity index (χ0n) is 10.1. The van der Waals surface area contributed by atoms with Gasteiger partial charge >= 0.3 is 12.1 Å². The first-order chi connectivity index (χ1) is 9.26. The van der Waals surface area contributed by atoms with E-state index in [-0.39, 0.29) is 0 Å². The Morgan fingerprint density at radius 2 is 2.15 bits per heavy atom. The lowest BCUT2D eigenvalue weighted by atomic mass is 10.1. The highest BCUT2D eigenvalue weighted by Crippen LogP contribution is 2.46. The van der Waals surface area contributed by atoms with Gasteiger partial charge in [0.05, 0.1) is 12.7 Å². The molecule has 0 aliphatic carbocycles. The lowest BCUT2D eigenvalue weighted by Crippen LogP contribution is -2.38. The summed E-state index contributed by atoms with van der Waals surface area (Å²) >= 11 is 4.21. The predicted molar refractivity (Wildman–Crippen MR) is 73.8 cm³/mol. The lowest BCUT2D eigenvalue weighted by molar-refractivity contribution is -0.141. The highest BCUT2D eigenvalue weighted by atomic mass is 79.9. The maximum Gasteiger partial charge on any atom is 0.416 e. The molecule has 0 radical (unpaired) electrons. The molecule has 20 heavy (non-hydrogen) atoms. The Morgan fingerprint density at radius 3 is 2.75 bits per heavy atom. The molecule has 0 fully saturated rings. The van der Waals surface area contributed by atoms with Crippen molar-refractivity contribution < 1.29 is 22.7 Å². The van der Waals surface area contributed by atoms with E-state index >= 15 is 0 Å². The number of carbonyl (C=O) groups is 1. The molecular weight excluding hydrogens is 359 g/mol. The minimum atomic E-state index is -4.40. The molecule has 0 amide bonds. The number of nitrogens with one attached hydrogen (secondary N) is 1. The normalized spacial score (nSPS) is 22.1. The zero-order chi connectivity index (χ0) is 15.0. The van der Waals surface area contributed by atoms with Crippen LogP contribution in [0.15, 0.2) is 30.5 Å². The van der Waals surface area contributed by atoms with Crippen LogP contribution in [-0.2, 0) is 15.7 Å². The maximum absolute atomic E-state index is 12.7. The van der Waals surface area contributed by atoms with Crippen LogP contribution in [-0.4, -0.2) is 16.9 Å². The molecule has 1 N–H and O–H groups in total.